The van der Waals surface area contributed by atoms with Crippen molar-refractivity contribution in [1.29, 1.82) is 0 Å². The van der Waals surface area contributed by atoms with Gasteiger partial charge in [-0.1, -0.05) is 63.2 Å². The fraction of sp³-hybridized carbons (Fsp3) is 0.545. The lowest BCUT2D eigenvalue weighted by atomic mass is 9.98. The van der Waals surface area contributed by atoms with Gasteiger partial charge in [-0.25, -0.2) is 4.79 Å². The molecule has 0 heterocycles. The van der Waals surface area contributed by atoms with Gasteiger partial charge >= 0.3 is 12.0 Å². The summed E-state index contributed by atoms with van der Waals surface area (Å²) in [5, 5.41) is 17.3. The fourth-order valence-corrected chi connectivity index (χ4v) is 4.21. The Kier molecular flexibility index (Phi) is 13.8. The highest BCUT2D eigenvalue weighted by Gasteiger charge is 2.29. The van der Waals surface area contributed by atoms with Gasteiger partial charge < -0.3 is 30.1 Å². The molecule has 0 aromatic heterocycles. The van der Waals surface area contributed by atoms with Crippen LogP contribution < -0.4 is 15.4 Å². The molecule has 232 valence electrons. The van der Waals surface area contributed by atoms with E-state index < -0.39 is 29.6 Å². The van der Waals surface area contributed by atoms with E-state index in [0.717, 1.165) is 17.5 Å². The number of aliphatic hydroxyl groups is 1. The first-order chi connectivity index (χ1) is 19.8. The van der Waals surface area contributed by atoms with Crippen LogP contribution in [0.5, 0.6) is 5.75 Å². The lowest BCUT2D eigenvalue weighted by molar-refractivity contribution is -0.148. The zero-order valence-electron chi connectivity index (χ0n) is 26.2. The highest BCUT2D eigenvalue weighted by Crippen LogP contribution is 2.15. The predicted octanol–water partition coefficient (Wildman–Crippen LogP) is 4.71. The molecule has 2 aromatic carbocycles. The van der Waals surface area contributed by atoms with E-state index in [1.165, 1.54) is 0 Å². The molecule has 0 aliphatic rings. The van der Waals surface area contributed by atoms with Crippen LogP contribution in [0.15, 0.2) is 54.6 Å². The number of hydrogen-bond donors (Lipinski definition) is 3. The Morgan fingerprint density at radius 2 is 1.60 bits per heavy atom. The number of methoxy groups -OCH3 is 1. The van der Waals surface area contributed by atoms with E-state index in [9.17, 15) is 19.5 Å². The lowest BCUT2D eigenvalue weighted by Crippen LogP contribution is -2.55. The molecule has 2 unspecified atom stereocenters. The summed E-state index contributed by atoms with van der Waals surface area (Å²) in [4.78, 5) is 40.4. The minimum absolute atomic E-state index is 0.0463. The highest BCUT2D eigenvalue weighted by atomic mass is 16.5. The van der Waals surface area contributed by atoms with Gasteiger partial charge in [-0.15, -0.1) is 0 Å². The molecule has 0 saturated carbocycles. The van der Waals surface area contributed by atoms with Crippen molar-refractivity contribution >= 4 is 17.9 Å². The summed E-state index contributed by atoms with van der Waals surface area (Å²) in [6.07, 6.45) is -0.0111. The van der Waals surface area contributed by atoms with Crippen molar-refractivity contribution in [2.45, 2.75) is 85.1 Å². The SMILES string of the molecule is COc1ccc(COC(=O)CC(C)C(=O)N[C@@H](Cc2ccccc2)C(O)CN(CCC(C)C)C(=O)NC(C)(C)C)cc1. The second kappa shape index (κ2) is 16.8. The topological polar surface area (TPSA) is 117 Å². The Morgan fingerprint density at radius 1 is 0.952 bits per heavy atom. The van der Waals surface area contributed by atoms with E-state index >= 15 is 0 Å². The normalized spacial score (nSPS) is 13.5. The summed E-state index contributed by atoms with van der Waals surface area (Å²) in [5.41, 5.74) is 1.30. The largest absolute Gasteiger partial charge is 0.497 e. The van der Waals surface area contributed by atoms with Crippen LogP contribution in [-0.2, 0) is 27.4 Å². The van der Waals surface area contributed by atoms with Crippen LogP contribution in [0.4, 0.5) is 4.79 Å². The summed E-state index contributed by atoms with van der Waals surface area (Å²) in [6, 6.07) is 15.8. The van der Waals surface area contributed by atoms with Crippen LogP contribution >= 0.6 is 0 Å². The molecule has 2 aromatic rings. The standard InChI is InChI=1S/C33H49N3O6/c1-23(2)17-18-36(32(40)35-33(4,5)6)21-29(37)28(20-25-11-9-8-10-12-25)34-31(39)24(3)19-30(38)42-22-26-13-15-27(41-7)16-14-26/h8-16,23-24,28-29,37H,17-22H2,1-7H3,(H,34,39)(H,35,40)/t24?,28-,29?/m0/s1. The monoisotopic (exact) mass is 583 g/mol. The molecule has 42 heavy (non-hydrogen) atoms. The number of aliphatic hydroxyl groups excluding tert-OH is 1. The van der Waals surface area contributed by atoms with Crippen LogP contribution in [0.25, 0.3) is 0 Å². The molecule has 3 amide bonds. The minimum Gasteiger partial charge on any atom is -0.497 e. The van der Waals surface area contributed by atoms with Crippen molar-refractivity contribution in [3.8, 4) is 5.75 Å². The Hall–Kier alpha value is -3.59. The summed E-state index contributed by atoms with van der Waals surface area (Å²) in [6.45, 7) is 12.1. The molecule has 2 rings (SSSR count). The Balaban J connectivity index is 2.08. The van der Waals surface area contributed by atoms with Gasteiger partial charge in [-0.2, -0.15) is 0 Å². The maximum absolute atomic E-state index is 13.2. The quantitative estimate of drug-likeness (QED) is 0.262. The van der Waals surface area contributed by atoms with Crippen molar-refractivity contribution in [3.63, 3.8) is 0 Å². The number of ether oxygens (including phenoxy) is 2. The third-order valence-corrected chi connectivity index (χ3v) is 6.72. The molecule has 0 aliphatic heterocycles. The van der Waals surface area contributed by atoms with Gasteiger partial charge in [0.25, 0.3) is 0 Å². The number of nitrogens with one attached hydrogen (secondary N) is 2. The molecule has 0 aliphatic carbocycles. The number of carbonyl (C=O) groups is 3. The van der Waals surface area contributed by atoms with Crippen LogP contribution in [-0.4, -0.2) is 65.8 Å². The molecule has 0 bridgehead atoms. The van der Waals surface area contributed by atoms with Gasteiger partial charge in [0.05, 0.1) is 32.2 Å². The number of hydrogen-bond acceptors (Lipinski definition) is 6. The fourth-order valence-electron chi connectivity index (χ4n) is 4.21. The van der Waals surface area contributed by atoms with Gasteiger partial charge in [0, 0.05) is 18.0 Å². The van der Waals surface area contributed by atoms with E-state index in [0.29, 0.717) is 24.6 Å². The second-order valence-corrected chi connectivity index (χ2v) is 12.3. The van der Waals surface area contributed by atoms with Crippen molar-refractivity contribution in [2.24, 2.45) is 11.8 Å². The first-order valence-corrected chi connectivity index (χ1v) is 14.7. The molecule has 3 atom stereocenters. The maximum Gasteiger partial charge on any atom is 0.317 e. The van der Waals surface area contributed by atoms with Crippen molar-refractivity contribution in [2.75, 3.05) is 20.2 Å². The van der Waals surface area contributed by atoms with Crippen molar-refractivity contribution < 1.29 is 29.0 Å². The van der Waals surface area contributed by atoms with Crippen LogP contribution in [0, 0.1) is 11.8 Å². The molecule has 3 N–H and O–H groups in total. The van der Waals surface area contributed by atoms with E-state index in [1.807, 2.05) is 63.2 Å². The molecule has 0 fully saturated rings. The number of urea groups is 1. The number of benzene rings is 2. The summed E-state index contributed by atoms with van der Waals surface area (Å²) in [7, 11) is 1.58. The smallest absolute Gasteiger partial charge is 0.317 e. The van der Waals surface area contributed by atoms with E-state index in [1.54, 1.807) is 31.1 Å². The van der Waals surface area contributed by atoms with Crippen molar-refractivity contribution in [3.05, 3.63) is 65.7 Å². The van der Waals surface area contributed by atoms with Gasteiger partial charge in [0.2, 0.25) is 5.91 Å². The summed E-state index contributed by atoms with van der Waals surface area (Å²) >= 11 is 0. The molecule has 0 spiro atoms. The highest BCUT2D eigenvalue weighted by molar-refractivity contribution is 5.83. The summed E-state index contributed by atoms with van der Waals surface area (Å²) < 4.78 is 10.5. The number of carbonyl (C=O) groups excluding carboxylic acids is 3. The van der Waals surface area contributed by atoms with Crippen molar-refractivity contribution in [1.82, 2.24) is 15.5 Å². The Morgan fingerprint density at radius 3 is 2.17 bits per heavy atom. The van der Waals surface area contributed by atoms with Gasteiger partial charge in [0.1, 0.15) is 12.4 Å². The molecular weight excluding hydrogens is 534 g/mol. The Bertz CT molecular complexity index is 1110. The molecule has 0 radical (unpaired) electrons. The second-order valence-electron chi connectivity index (χ2n) is 12.3. The number of nitrogens with zero attached hydrogens (tertiary/aromatic N) is 1. The molecule has 0 saturated heterocycles. The average molecular weight is 584 g/mol. The predicted molar refractivity (Wildman–Crippen MR) is 164 cm³/mol. The number of esters is 1. The van der Waals surface area contributed by atoms with E-state index in [4.69, 9.17) is 9.47 Å². The van der Waals surface area contributed by atoms with Crippen LogP contribution in [0.1, 0.15) is 65.5 Å². The van der Waals surface area contributed by atoms with E-state index in [2.05, 4.69) is 24.5 Å². The minimum atomic E-state index is -1.04. The zero-order valence-corrected chi connectivity index (χ0v) is 26.2. The van der Waals surface area contributed by atoms with Gasteiger partial charge in [-0.05, 0) is 62.8 Å². The van der Waals surface area contributed by atoms with Gasteiger partial charge in [0.15, 0.2) is 0 Å². The lowest BCUT2D eigenvalue weighted by Gasteiger charge is -2.33. The maximum atomic E-state index is 13.2. The van der Waals surface area contributed by atoms with Crippen LogP contribution in [0.2, 0.25) is 0 Å². The number of rotatable bonds is 15. The Labute approximate surface area is 251 Å². The van der Waals surface area contributed by atoms with Gasteiger partial charge in [-0.3, -0.25) is 9.59 Å². The van der Waals surface area contributed by atoms with E-state index in [-0.39, 0.29) is 31.5 Å². The first-order valence-electron chi connectivity index (χ1n) is 14.7. The molecule has 9 heteroatoms. The number of amides is 3. The third-order valence-electron chi connectivity index (χ3n) is 6.72. The molecular formula is C33H49N3O6. The molecule has 9 nitrogen and oxygen atoms in total. The third kappa shape index (κ3) is 12.9. The zero-order chi connectivity index (χ0) is 31.3. The summed E-state index contributed by atoms with van der Waals surface area (Å²) in [5.74, 6) is -0.464. The van der Waals surface area contributed by atoms with Crippen LogP contribution in [0.3, 0.4) is 0 Å². The average Bonchev–Trinajstić information content (AvgIpc) is 2.93. The first kappa shape index (κ1) is 34.6.